The molecule has 0 saturated carbocycles. The molecule has 0 radical (unpaired) electrons. The molecule has 2 aromatic carbocycles. The van der Waals surface area contributed by atoms with Crippen molar-refractivity contribution in [1.82, 2.24) is 19.9 Å². The maximum absolute atomic E-state index is 4.66. The molecule has 0 saturated heterocycles. The Morgan fingerprint density at radius 3 is 2.39 bits per heavy atom. The van der Waals surface area contributed by atoms with Crippen molar-refractivity contribution < 1.29 is 0 Å². The highest BCUT2D eigenvalue weighted by Gasteiger charge is 2.05. The summed E-state index contributed by atoms with van der Waals surface area (Å²) >= 11 is 0. The van der Waals surface area contributed by atoms with Crippen molar-refractivity contribution in [2.24, 2.45) is 0 Å². The van der Waals surface area contributed by atoms with E-state index in [1.165, 1.54) is 0 Å². The quantitative estimate of drug-likeness (QED) is 0.345. The number of para-hydroxylation sites is 2. The third-order valence-corrected chi connectivity index (χ3v) is 2.99. The van der Waals surface area contributed by atoms with Crippen molar-refractivity contribution >= 4 is 33.0 Å². The van der Waals surface area contributed by atoms with Gasteiger partial charge in [-0.15, -0.1) is 0 Å². The first kappa shape index (κ1) is 9.41. The van der Waals surface area contributed by atoms with Gasteiger partial charge in [0.25, 0.3) is 0 Å². The van der Waals surface area contributed by atoms with E-state index >= 15 is 0 Å². The van der Waals surface area contributed by atoms with Crippen molar-refractivity contribution in [3.63, 3.8) is 0 Å². The molecule has 0 spiro atoms. The summed E-state index contributed by atoms with van der Waals surface area (Å²) < 4.78 is 0. The zero-order chi connectivity index (χ0) is 11.9. The minimum Gasteiger partial charge on any atom is -0.244 e. The fourth-order valence-electron chi connectivity index (χ4n) is 2.14. The molecule has 2 aromatic heterocycles. The number of hydrogen-bond donors (Lipinski definition) is 0. The average molecular weight is 232 g/mol. The number of hydrogen-bond acceptors (Lipinski definition) is 4. The van der Waals surface area contributed by atoms with Gasteiger partial charge < -0.3 is 0 Å². The van der Waals surface area contributed by atoms with E-state index in [1.807, 2.05) is 36.4 Å². The van der Waals surface area contributed by atoms with Gasteiger partial charge in [-0.05, 0) is 24.3 Å². The van der Waals surface area contributed by atoms with Gasteiger partial charge in [-0.2, -0.15) is 0 Å². The first-order valence-electron chi connectivity index (χ1n) is 5.67. The lowest BCUT2D eigenvalue weighted by Gasteiger charge is -2.03. The van der Waals surface area contributed by atoms with Crippen molar-refractivity contribution in [3.8, 4) is 0 Å². The van der Waals surface area contributed by atoms with Gasteiger partial charge in [0.2, 0.25) is 0 Å². The van der Waals surface area contributed by atoms with Gasteiger partial charge in [0.05, 0.1) is 22.1 Å². The van der Waals surface area contributed by atoms with Crippen LogP contribution in [0.1, 0.15) is 0 Å². The Morgan fingerprint density at radius 2 is 1.50 bits per heavy atom. The normalized spacial score (nSPS) is 11.3. The lowest BCUT2D eigenvalue weighted by atomic mass is 10.2. The van der Waals surface area contributed by atoms with Crippen LogP contribution >= 0.6 is 0 Å². The molecule has 0 aliphatic carbocycles. The molecule has 0 atom stereocenters. The Hall–Kier alpha value is -2.62. The molecule has 18 heavy (non-hydrogen) atoms. The van der Waals surface area contributed by atoms with E-state index < -0.39 is 0 Å². The smallest absolute Gasteiger partial charge is 0.116 e. The standard InChI is InChI=1S/C14H8N4/c1-2-4-12-11(3-1)17-13-6-5-10-9(14(13)18-12)7-15-8-16-10/h1-8H. The molecule has 0 unspecified atom stereocenters. The third kappa shape index (κ3) is 1.26. The van der Waals surface area contributed by atoms with Gasteiger partial charge in [-0.1, -0.05) is 12.1 Å². The summed E-state index contributed by atoms with van der Waals surface area (Å²) in [7, 11) is 0. The van der Waals surface area contributed by atoms with Crippen molar-refractivity contribution in [2.45, 2.75) is 0 Å². The summed E-state index contributed by atoms with van der Waals surface area (Å²) in [6.07, 6.45) is 3.33. The predicted molar refractivity (Wildman–Crippen MR) is 70.1 cm³/mol. The van der Waals surface area contributed by atoms with Crippen molar-refractivity contribution in [2.75, 3.05) is 0 Å². The number of benzene rings is 2. The van der Waals surface area contributed by atoms with E-state index in [9.17, 15) is 0 Å². The van der Waals surface area contributed by atoms with Gasteiger partial charge in [0, 0.05) is 11.6 Å². The van der Waals surface area contributed by atoms with Crippen molar-refractivity contribution in [3.05, 3.63) is 48.9 Å². The summed E-state index contributed by atoms with van der Waals surface area (Å²) in [6.45, 7) is 0. The highest BCUT2D eigenvalue weighted by Crippen LogP contribution is 2.22. The minimum atomic E-state index is 0.854. The second kappa shape index (κ2) is 3.43. The van der Waals surface area contributed by atoms with Gasteiger partial charge in [-0.3, -0.25) is 0 Å². The monoisotopic (exact) mass is 232 g/mol. The summed E-state index contributed by atoms with van der Waals surface area (Å²) in [5, 5.41) is 0.938. The maximum Gasteiger partial charge on any atom is 0.116 e. The Morgan fingerprint density at radius 1 is 0.722 bits per heavy atom. The number of aromatic nitrogens is 4. The van der Waals surface area contributed by atoms with Crippen LogP contribution in [0, 0.1) is 0 Å². The average Bonchev–Trinajstić information content (AvgIpc) is 2.45. The first-order chi connectivity index (χ1) is 8.92. The highest BCUT2D eigenvalue weighted by molar-refractivity contribution is 6.03. The Balaban J connectivity index is 2.27. The Kier molecular flexibility index (Phi) is 1.80. The van der Waals surface area contributed by atoms with Crippen LogP contribution in [-0.2, 0) is 0 Å². The summed E-state index contributed by atoms with van der Waals surface area (Å²) in [5.74, 6) is 0. The van der Waals surface area contributed by atoms with Crippen LogP contribution < -0.4 is 0 Å². The number of rotatable bonds is 0. The molecular formula is C14H8N4. The molecule has 0 aliphatic heterocycles. The first-order valence-corrected chi connectivity index (χ1v) is 5.67. The third-order valence-electron chi connectivity index (χ3n) is 2.99. The fourth-order valence-corrected chi connectivity index (χ4v) is 2.14. The predicted octanol–water partition coefficient (Wildman–Crippen LogP) is 2.73. The van der Waals surface area contributed by atoms with Crippen LogP contribution in [0.3, 0.4) is 0 Å². The van der Waals surface area contributed by atoms with E-state index in [0.717, 1.165) is 33.0 Å². The molecule has 4 heteroatoms. The van der Waals surface area contributed by atoms with Gasteiger partial charge in [0.15, 0.2) is 0 Å². The Labute approximate surface area is 102 Å². The highest BCUT2D eigenvalue weighted by atomic mass is 14.8. The number of nitrogens with zero attached hydrogens (tertiary/aromatic N) is 4. The van der Waals surface area contributed by atoms with Crippen LogP contribution in [0.15, 0.2) is 48.9 Å². The van der Waals surface area contributed by atoms with E-state index in [1.54, 1.807) is 12.5 Å². The fraction of sp³-hybridized carbons (Fsp3) is 0. The van der Waals surface area contributed by atoms with E-state index in [-0.39, 0.29) is 0 Å². The summed E-state index contributed by atoms with van der Waals surface area (Å²) in [4.78, 5) is 17.6. The topological polar surface area (TPSA) is 51.6 Å². The van der Waals surface area contributed by atoms with Gasteiger partial charge in [0.1, 0.15) is 11.8 Å². The molecule has 4 rings (SSSR count). The van der Waals surface area contributed by atoms with E-state index in [2.05, 4.69) is 19.9 Å². The second-order valence-corrected chi connectivity index (χ2v) is 4.10. The molecule has 2 heterocycles. The molecule has 0 N–H and O–H groups in total. The zero-order valence-electron chi connectivity index (χ0n) is 9.41. The number of fused-ring (bicyclic) bond motifs is 4. The molecule has 0 bridgehead atoms. The zero-order valence-corrected chi connectivity index (χ0v) is 9.41. The van der Waals surface area contributed by atoms with Crippen LogP contribution in [0.25, 0.3) is 33.0 Å². The molecule has 0 fully saturated rings. The van der Waals surface area contributed by atoms with E-state index in [4.69, 9.17) is 0 Å². The van der Waals surface area contributed by atoms with Crippen LogP contribution in [-0.4, -0.2) is 19.9 Å². The molecule has 4 nitrogen and oxygen atoms in total. The Bertz CT molecular complexity index is 880. The van der Waals surface area contributed by atoms with Crippen LogP contribution in [0.5, 0.6) is 0 Å². The second-order valence-electron chi connectivity index (χ2n) is 4.10. The molecule has 4 aromatic rings. The van der Waals surface area contributed by atoms with Gasteiger partial charge in [-0.25, -0.2) is 19.9 Å². The lowest BCUT2D eigenvalue weighted by Crippen LogP contribution is -1.90. The molecule has 0 aliphatic rings. The van der Waals surface area contributed by atoms with Crippen LogP contribution in [0.2, 0.25) is 0 Å². The summed E-state index contributed by atoms with van der Waals surface area (Å²) in [5.41, 5.74) is 4.41. The van der Waals surface area contributed by atoms with Gasteiger partial charge >= 0.3 is 0 Å². The maximum atomic E-state index is 4.66. The lowest BCUT2D eigenvalue weighted by molar-refractivity contribution is 1.22. The van der Waals surface area contributed by atoms with Crippen LogP contribution in [0.4, 0.5) is 0 Å². The molecule has 84 valence electrons. The van der Waals surface area contributed by atoms with E-state index in [0.29, 0.717) is 0 Å². The SMILES string of the molecule is c1ccc2nc3c(ccc4ncncc43)nc2c1. The molecular weight excluding hydrogens is 224 g/mol. The summed E-state index contributed by atoms with van der Waals surface area (Å²) in [6, 6.07) is 11.8. The van der Waals surface area contributed by atoms with Crippen molar-refractivity contribution in [1.29, 1.82) is 0 Å². The minimum absolute atomic E-state index is 0.854. The largest absolute Gasteiger partial charge is 0.244 e. The molecule has 0 amide bonds.